The number of allylic oxidation sites excluding steroid dienone is 6. The molecule has 2 unspecified atom stereocenters. The van der Waals surface area contributed by atoms with Crippen molar-refractivity contribution in [2.45, 2.75) is 418 Å². The third kappa shape index (κ3) is 75.3. The molecule has 0 aliphatic heterocycles. The standard InChI is InChI=1S/C80H154NO8P/c1-6-8-10-12-14-16-18-20-22-24-26-28-30-32-34-35-36-37-38-39-40-41-42-43-44-45-47-48-50-52-54-56-58-60-62-64-66-68-70-72-79(82)86-76-78(77-88-90(84,85)87-75-74-81(3,4)5)89-80(83)73-71-69-67-65-63-61-59-57-55-53-51-49-46-33-31-29-27-25-23-21-19-17-15-13-11-9-7-2/h19,21,25,27,31,33,78H,6-18,20,22-24,26,28-30,32,34-77H2,1-5H3/p+1/b21-19-,27-25-,33-31-. The molecule has 9 nitrogen and oxygen atoms in total. The first-order valence-corrected chi connectivity index (χ1v) is 41.2. The molecule has 0 bridgehead atoms. The van der Waals surface area contributed by atoms with Crippen molar-refractivity contribution in [1.82, 2.24) is 0 Å². The Morgan fingerprint density at radius 1 is 0.344 bits per heavy atom. The van der Waals surface area contributed by atoms with Crippen LogP contribution in [0.2, 0.25) is 0 Å². The lowest BCUT2D eigenvalue weighted by Crippen LogP contribution is -2.37. The fourth-order valence-electron chi connectivity index (χ4n) is 12.1. The first-order chi connectivity index (χ1) is 44.0. The molecule has 1 N–H and O–H groups in total. The average molecular weight is 1290 g/mol. The maximum Gasteiger partial charge on any atom is 0.472 e. The Hall–Kier alpha value is -1.77. The SMILES string of the molecule is CCCCCCC/C=C\C/C=C\C/C=C\CCCCCCCCCCCCCCC(=O)OC(COC(=O)CCCCCCCCCCCCCCCCCCCCCCCCCCCCCCCCCCCCCCCCC)COP(=O)(O)OCC[N+](C)(C)C. The molecule has 0 fully saturated rings. The van der Waals surface area contributed by atoms with E-state index in [2.05, 4.69) is 50.3 Å². The number of carbonyl (C=O) groups is 2. The van der Waals surface area contributed by atoms with Crippen LogP contribution in [-0.2, 0) is 32.7 Å². The maximum atomic E-state index is 12.9. The predicted molar refractivity (Wildman–Crippen MR) is 390 cm³/mol. The van der Waals surface area contributed by atoms with Gasteiger partial charge in [0, 0.05) is 12.8 Å². The van der Waals surface area contributed by atoms with Gasteiger partial charge < -0.3 is 18.9 Å². The van der Waals surface area contributed by atoms with E-state index in [-0.39, 0.29) is 25.6 Å². The van der Waals surface area contributed by atoms with Crippen molar-refractivity contribution in [3.8, 4) is 0 Å². The molecule has 0 saturated carbocycles. The van der Waals surface area contributed by atoms with Crippen molar-refractivity contribution in [2.24, 2.45) is 0 Å². The summed E-state index contributed by atoms with van der Waals surface area (Å²) in [6.07, 6.45) is 93.0. The Labute approximate surface area is 561 Å². The van der Waals surface area contributed by atoms with E-state index in [0.717, 1.165) is 44.9 Å². The van der Waals surface area contributed by atoms with Crippen LogP contribution in [0.3, 0.4) is 0 Å². The molecule has 0 saturated heterocycles. The zero-order chi connectivity index (χ0) is 65.5. The summed E-state index contributed by atoms with van der Waals surface area (Å²) in [6.45, 7) is 4.50. The number of esters is 2. The van der Waals surface area contributed by atoms with Gasteiger partial charge >= 0.3 is 19.8 Å². The molecule has 0 aromatic rings. The first kappa shape index (κ1) is 88.2. The number of unbranched alkanes of at least 4 members (excludes halogenated alkanes) is 55. The van der Waals surface area contributed by atoms with Crippen LogP contribution in [0.4, 0.5) is 0 Å². The first-order valence-electron chi connectivity index (χ1n) is 39.7. The molecule has 0 radical (unpaired) electrons. The van der Waals surface area contributed by atoms with Gasteiger partial charge in [0.1, 0.15) is 19.8 Å². The molecule has 0 aliphatic carbocycles. The van der Waals surface area contributed by atoms with Crippen LogP contribution < -0.4 is 0 Å². The Morgan fingerprint density at radius 3 is 0.889 bits per heavy atom. The number of nitrogens with zero attached hydrogens (tertiary/aromatic N) is 1. The van der Waals surface area contributed by atoms with Gasteiger partial charge in [-0.2, -0.15) is 0 Å². The zero-order valence-corrected chi connectivity index (χ0v) is 61.8. The lowest BCUT2D eigenvalue weighted by atomic mass is 10.0. The molecule has 0 rings (SSSR count). The smallest absolute Gasteiger partial charge is 0.462 e. The van der Waals surface area contributed by atoms with E-state index in [1.807, 2.05) is 21.1 Å². The van der Waals surface area contributed by atoms with E-state index in [1.54, 1.807) is 0 Å². The van der Waals surface area contributed by atoms with E-state index < -0.39 is 26.5 Å². The molecular weight excluding hydrogens is 1130 g/mol. The molecule has 0 aromatic heterocycles. The van der Waals surface area contributed by atoms with E-state index in [1.165, 1.54) is 334 Å². The third-order valence-electron chi connectivity index (χ3n) is 18.2. The minimum Gasteiger partial charge on any atom is -0.462 e. The molecule has 0 amide bonds. The van der Waals surface area contributed by atoms with Gasteiger partial charge in [-0.1, -0.05) is 384 Å². The molecule has 0 heterocycles. The highest BCUT2D eigenvalue weighted by molar-refractivity contribution is 7.47. The number of carbonyl (C=O) groups excluding carboxylic acids is 2. The molecule has 10 heteroatoms. The summed E-state index contributed by atoms with van der Waals surface area (Å²) in [5, 5.41) is 0. The topological polar surface area (TPSA) is 108 Å². The van der Waals surface area contributed by atoms with Crippen LogP contribution in [-0.4, -0.2) is 74.9 Å². The Morgan fingerprint density at radius 2 is 0.600 bits per heavy atom. The molecular formula is C80H155NO8P+. The molecule has 0 aromatic carbocycles. The van der Waals surface area contributed by atoms with Gasteiger partial charge in [-0.3, -0.25) is 18.6 Å². The van der Waals surface area contributed by atoms with Gasteiger partial charge in [-0.05, 0) is 51.4 Å². The number of hydrogen-bond donors (Lipinski definition) is 1. The van der Waals surface area contributed by atoms with Gasteiger partial charge in [0.15, 0.2) is 6.10 Å². The van der Waals surface area contributed by atoms with Crippen molar-refractivity contribution < 1.29 is 42.1 Å². The second-order valence-corrected chi connectivity index (χ2v) is 29.9. The van der Waals surface area contributed by atoms with Gasteiger partial charge in [0.2, 0.25) is 0 Å². The number of phosphoric ester groups is 1. The largest absolute Gasteiger partial charge is 0.472 e. The molecule has 90 heavy (non-hydrogen) atoms. The number of phosphoric acid groups is 1. The Kier molecular flexibility index (Phi) is 70.1. The summed E-state index contributed by atoms with van der Waals surface area (Å²) in [7, 11) is 1.50. The number of likely N-dealkylation sites (N-methyl/N-ethyl adjacent to an activating group) is 1. The maximum absolute atomic E-state index is 12.9. The fourth-order valence-corrected chi connectivity index (χ4v) is 12.8. The van der Waals surface area contributed by atoms with Crippen LogP contribution in [0.25, 0.3) is 0 Å². The van der Waals surface area contributed by atoms with Crippen LogP contribution in [0, 0.1) is 0 Å². The second-order valence-electron chi connectivity index (χ2n) is 28.5. The van der Waals surface area contributed by atoms with Gasteiger partial charge in [0.05, 0.1) is 27.7 Å². The quantitative estimate of drug-likeness (QED) is 0.0211. The molecule has 0 spiro atoms. The predicted octanol–water partition coefficient (Wildman–Crippen LogP) is 26.2. The number of ether oxygens (including phenoxy) is 2. The molecule has 0 aliphatic rings. The van der Waals surface area contributed by atoms with Crippen molar-refractivity contribution in [3.63, 3.8) is 0 Å². The summed E-state index contributed by atoms with van der Waals surface area (Å²) in [5.41, 5.74) is 0. The minimum absolute atomic E-state index is 0.0335. The van der Waals surface area contributed by atoms with Crippen molar-refractivity contribution >= 4 is 19.8 Å². The highest BCUT2D eigenvalue weighted by Gasteiger charge is 2.27. The Bertz CT molecular complexity index is 1610. The molecule has 532 valence electrons. The van der Waals surface area contributed by atoms with Crippen LogP contribution in [0.5, 0.6) is 0 Å². The van der Waals surface area contributed by atoms with Crippen molar-refractivity contribution in [3.05, 3.63) is 36.5 Å². The van der Waals surface area contributed by atoms with E-state index in [0.29, 0.717) is 23.9 Å². The van der Waals surface area contributed by atoms with Crippen LogP contribution >= 0.6 is 7.82 Å². The minimum atomic E-state index is -4.39. The van der Waals surface area contributed by atoms with E-state index >= 15 is 0 Å². The van der Waals surface area contributed by atoms with Gasteiger partial charge in [0.25, 0.3) is 0 Å². The zero-order valence-electron chi connectivity index (χ0n) is 60.9. The third-order valence-corrected chi connectivity index (χ3v) is 19.2. The summed E-state index contributed by atoms with van der Waals surface area (Å²) >= 11 is 0. The molecule has 2 atom stereocenters. The number of rotatable bonds is 75. The van der Waals surface area contributed by atoms with Gasteiger partial charge in [-0.25, -0.2) is 4.57 Å². The summed E-state index contributed by atoms with van der Waals surface area (Å²) in [6, 6.07) is 0. The lowest BCUT2D eigenvalue weighted by Gasteiger charge is -2.24. The summed E-state index contributed by atoms with van der Waals surface area (Å²) in [5.74, 6) is -0.778. The monoisotopic (exact) mass is 1290 g/mol. The van der Waals surface area contributed by atoms with Crippen molar-refractivity contribution in [1.29, 1.82) is 0 Å². The normalized spacial score (nSPS) is 13.2. The summed E-state index contributed by atoms with van der Waals surface area (Å²) < 4.78 is 34.8. The van der Waals surface area contributed by atoms with Crippen molar-refractivity contribution in [2.75, 3.05) is 47.5 Å². The van der Waals surface area contributed by atoms with Gasteiger partial charge in [-0.15, -0.1) is 0 Å². The number of quaternary nitrogens is 1. The van der Waals surface area contributed by atoms with E-state index in [4.69, 9.17) is 18.5 Å². The average Bonchev–Trinajstić information content (AvgIpc) is 3.61. The fraction of sp³-hybridized carbons (Fsp3) is 0.900. The second kappa shape index (κ2) is 71.5. The number of hydrogen-bond acceptors (Lipinski definition) is 7. The lowest BCUT2D eigenvalue weighted by molar-refractivity contribution is -0.870. The Balaban J connectivity index is 3.89. The highest BCUT2D eigenvalue weighted by Crippen LogP contribution is 2.43. The van der Waals surface area contributed by atoms with Crippen LogP contribution in [0.15, 0.2) is 36.5 Å². The van der Waals surface area contributed by atoms with Crippen LogP contribution in [0.1, 0.15) is 412 Å². The van der Waals surface area contributed by atoms with E-state index in [9.17, 15) is 19.0 Å². The summed E-state index contributed by atoms with van der Waals surface area (Å²) in [4.78, 5) is 35.9. The highest BCUT2D eigenvalue weighted by atomic mass is 31.2.